The Morgan fingerprint density at radius 3 is 2.25 bits per heavy atom. The van der Waals surface area contributed by atoms with Crippen LogP contribution in [0.5, 0.6) is 0 Å². The zero-order valence-electron chi connectivity index (χ0n) is 14.9. The van der Waals surface area contributed by atoms with Crippen LogP contribution in [0.3, 0.4) is 0 Å². The maximum Gasteiger partial charge on any atom is 0.165 e. The van der Waals surface area contributed by atoms with E-state index in [1.807, 2.05) is 17.1 Å². The van der Waals surface area contributed by atoms with Crippen LogP contribution in [0, 0.1) is 0 Å². The van der Waals surface area contributed by atoms with Crippen molar-refractivity contribution in [3.8, 4) is 0 Å². The summed E-state index contributed by atoms with van der Waals surface area (Å²) >= 11 is 0. The Balaban J connectivity index is 1.54. The van der Waals surface area contributed by atoms with E-state index in [-0.39, 0.29) is 5.54 Å². The van der Waals surface area contributed by atoms with Gasteiger partial charge in [-0.3, -0.25) is 14.8 Å². The van der Waals surface area contributed by atoms with Crippen molar-refractivity contribution in [2.24, 2.45) is 0 Å². The topological polar surface area (TPSA) is 63.0 Å². The van der Waals surface area contributed by atoms with E-state index in [0.29, 0.717) is 0 Å². The number of hydrogen-bond donors (Lipinski definition) is 0. The van der Waals surface area contributed by atoms with E-state index < -0.39 is 0 Å². The third kappa shape index (κ3) is 3.96. The second kappa shape index (κ2) is 7.36. The van der Waals surface area contributed by atoms with Gasteiger partial charge in [0, 0.05) is 45.1 Å². The summed E-state index contributed by atoms with van der Waals surface area (Å²) in [5.74, 6) is 0.962. The molecule has 0 aliphatic carbocycles. The Kier molecular flexibility index (Phi) is 5.20. The first kappa shape index (κ1) is 17.0. The van der Waals surface area contributed by atoms with Crippen molar-refractivity contribution in [3.63, 3.8) is 0 Å². The predicted octanol–water partition coefficient (Wildman–Crippen LogP) is 1.53. The lowest BCUT2D eigenvalue weighted by Crippen LogP contribution is -2.46. The minimum Gasteiger partial charge on any atom is -0.297 e. The second-order valence-corrected chi connectivity index (χ2v) is 7.08. The molecule has 1 saturated heterocycles. The molecule has 0 unspecified atom stereocenters. The molecule has 2 aromatic heterocycles. The fourth-order valence-corrected chi connectivity index (χ4v) is 2.98. The molecule has 0 atom stereocenters. The standard InChI is InChI=1S/C17H27N7/c1-4-17(2,3)24-16(19-20-21-24)14-23-11-9-22(10-12-23)13-15-5-7-18-8-6-15/h5-8H,4,9-14H2,1-3H3. The molecule has 24 heavy (non-hydrogen) atoms. The van der Waals surface area contributed by atoms with Crippen LogP contribution < -0.4 is 0 Å². The zero-order valence-corrected chi connectivity index (χ0v) is 14.9. The molecule has 3 heterocycles. The van der Waals surface area contributed by atoms with Gasteiger partial charge in [0.1, 0.15) is 0 Å². The Morgan fingerprint density at radius 1 is 1.00 bits per heavy atom. The van der Waals surface area contributed by atoms with Gasteiger partial charge in [-0.15, -0.1) is 5.10 Å². The molecule has 130 valence electrons. The van der Waals surface area contributed by atoms with E-state index in [9.17, 15) is 0 Å². The predicted molar refractivity (Wildman–Crippen MR) is 92.2 cm³/mol. The quantitative estimate of drug-likeness (QED) is 0.801. The Labute approximate surface area is 143 Å². The Bertz CT molecular complexity index is 629. The van der Waals surface area contributed by atoms with Crippen molar-refractivity contribution >= 4 is 0 Å². The molecule has 0 radical (unpaired) electrons. The van der Waals surface area contributed by atoms with Gasteiger partial charge in [-0.1, -0.05) is 6.92 Å². The molecule has 0 aromatic carbocycles. The molecule has 0 spiro atoms. The van der Waals surface area contributed by atoms with Crippen molar-refractivity contribution in [2.45, 2.75) is 45.8 Å². The van der Waals surface area contributed by atoms with Crippen LogP contribution in [0.2, 0.25) is 0 Å². The van der Waals surface area contributed by atoms with Crippen LogP contribution in [0.25, 0.3) is 0 Å². The minimum atomic E-state index is -0.0397. The van der Waals surface area contributed by atoms with Crippen LogP contribution in [-0.2, 0) is 18.6 Å². The van der Waals surface area contributed by atoms with Crippen LogP contribution in [0.4, 0.5) is 0 Å². The molecule has 0 N–H and O–H groups in total. The summed E-state index contributed by atoms with van der Waals surface area (Å²) in [4.78, 5) is 9.01. The van der Waals surface area contributed by atoms with Crippen molar-refractivity contribution in [2.75, 3.05) is 26.2 Å². The second-order valence-electron chi connectivity index (χ2n) is 7.08. The highest BCUT2D eigenvalue weighted by Gasteiger charge is 2.25. The van der Waals surface area contributed by atoms with E-state index >= 15 is 0 Å². The van der Waals surface area contributed by atoms with Crippen LogP contribution >= 0.6 is 0 Å². The van der Waals surface area contributed by atoms with Crippen LogP contribution in [0.1, 0.15) is 38.6 Å². The molecule has 1 aliphatic rings. The third-order valence-electron chi connectivity index (χ3n) is 4.96. The first-order chi connectivity index (χ1) is 11.6. The summed E-state index contributed by atoms with van der Waals surface area (Å²) in [6, 6.07) is 4.18. The van der Waals surface area contributed by atoms with E-state index in [2.05, 4.69) is 63.2 Å². The number of nitrogens with zero attached hydrogens (tertiary/aromatic N) is 7. The normalized spacial score (nSPS) is 17.3. The number of tetrazole rings is 1. The molecule has 7 heteroatoms. The lowest BCUT2D eigenvalue weighted by atomic mass is 10.0. The zero-order chi connectivity index (χ0) is 17.0. The highest BCUT2D eigenvalue weighted by Crippen LogP contribution is 2.20. The lowest BCUT2D eigenvalue weighted by molar-refractivity contribution is 0.116. The van der Waals surface area contributed by atoms with Gasteiger partial charge in [0.05, 0.1) is 12.1 Å². The van der Waals surface area contributed by atoms with E-state index in [1.165, 1.54) is 5.56 Å². The summed E-state index contributed by atoms with van der Waals surface area (Å²) in [5, 5.41) is 12.4. The lowest BCUT2D eigenvalue weighted by Gasteiger charge is -2.35. The van der Waals surface area contributed by atoms with Gasteiger partial charge in [-0.25, -0.2) is 4.68 Å². The molecule has 3 rings (SSSR count). The summed E-state index contributed by atoms with van der Waals surface area (Å²) in [5.41, 5.74) is 1.29. The molecule has 7 nitrogen and oxygen atoms in total. The van der Waals surface area contributed by atoms with E-state index in [4.69, 9.17) is 0 Å². The van der Waals surface area contributed by atoms with Crippen molar-refractivity contribution in [1.29, 1.82) is 0 Å². The number of piperazine rings is 1. The average Bonchev–Trinajstić information content (AvgIpc) is 3.07. The van der Waals surface area contributed by atoms with Crippen molar-refractivity contribution < 1.29 is 0 Å². The number of hydrogen-bond acceptors (Lipinski definition) is 6. The molecule has 0 bridgehead atoms. The third-order valence-corrected chi connectivity index (χ3v) is 4.96. The van der Waals surface area contributed by atoms with Gasteiger partial charge in [-0.05, 0) is 48.4 Å². The number of pyridine rings is 1. The smallest absolute Gasteiger partial charge is 0.165 e. The van der Waals surface area contributed by atoms with Gasteiger partial charge >= 0.3 is 0 Å². The molecule has 0 saturated carbocycles. The van der Waals surface area contributed by atoms with Gasteiger partial charge in [0.15, 0.2) is 5.82 Å². The molecular formula is C17H27N7. The summed E-state index contributed by atoms with van der Waals surface area (Å²) in [6.07, 6.45) is 4.73. The SMILES string of the molecule is CCC(C)(C)n1nnnc1CN1CCN(Cc2ccncc2)CC1. The highest BCUT2D eigenvalue weighted by molar-refractivity contribution is 5.09. The van der Waals surface area contributed by atoms with Gasteiger partial charge in [0.2, 0.25) is 0 Å². The first-order valence-corrected chi connectivity index (χ1v) is 8.70. The maximum atomic E-state index is 4.25. The monoisotopic (exact) mass is 329 g/mol. The number of rotatable bonds is 6. The summed E-state index contributed by atoms with van der Waals surface area (Å²) in [6.45, 7) is 12.6. The highest BCUT2D eigenvalue weighted by atomic mass is 15.6. The Morgan fingerprint density at radius 2 is 1.62 bits per heavy atom. The van der Waals surface area contributed by atoms with E-state index in [1.54, 1.807) is 0 Å². The average molecular weight is 329 g/mol. The van der Waals surface area contributed by atoms with Crippen LogP contribution in [0.15, 0.2) is 24.5 Å². The fraction of sp³-hybridized carbons (Fsp3) is 0.647. The van der Waals surface area contributed by atoms with E-state index in [0.717, 1.165) is 51.5 Å². The first-order valence-electron chi connectivity index (χ1n) is 8.70. The van der Waals surface area contributed by atoms with Gasteiger partial charge in [0.25, 0.3) is 0 Å². The largest absolute Gasteiger partial charge is 0.297 e. The molecule has 1 fully saturated rings. The Hall–Kier alpha value is -1.86. The fourth-order valence-electron chi connectivity index (χ4n) is 2.98. The van der Waals surface area contributed by atoms with Crippen molar-refractivity contribution in [1.82, 2.24) is 35.0 Å². The van der Waals surface area contributed by atoms with Gasteiger partial charge < -0.3 is 0 Å². The molecule has 2 aromatic rings. The summed E-state index contributed by atoms with van der Waals surface area (Å²) in [7, 11) is 0. The molecular weight excluding hydrogens is 302 g/mol. The number of aromatic nitrogens is 5. The summed E-state index contributed by atoms with van der Waals surface area (Å²) < 4.78 is 1.98. The van der Waals surface area contributed by atoms with Crippen LogP contribution in [-0.4, -0.2) is 61.2 Å². The maximum absolute atomic E-state index is 4.25. The molecule has 0 amide bonds. The molecule has 1 aliphatic heterocycles. The van der Waals surface area contributed by atoms with Crippen molar-refractivity contribution in [3.05, 3.63) is 35.9 Å². The minimum absolute atomic E-state index is 0.0397. The van der Waals surface area contributed by atoms with Gasteiger partial charge in [-0.2, -0.15) is 0 Å².